The second kappa shape index (κ2) is 7.18. The van der Waals surface area contributed by atoms with Crippen LogP contribution in [0.2, 0.25) is 0 Å². The van der Waals surface area contributed by atoms with Crippen molar-refractivity contribution in [2.45, 2.75) is 52.4 Å². The maximum atomic E-state index is 6.61. The molecule has 0 spiro atoms. The molecule has 150 valence electrons. The third-order valence-corrected chi connectivity index (χ3v) is 6.80. The summed E-state index contributed by atoms with van der Waals surface area (Å²) >= 11 is 0. The van der Waals surface area contributed by atoms with Crippen molar-refractivity contribution in [3.05, 3.63) is 77.9 Å². The molecule has 1 aliphatic heterocycles. The molecule has 0 bridgehead atoms. The first-order chi connectivity index (χ1) is 13.6. The van der Waals surface area contributed by atoms with Gasteiger partial charge in [0.1, 0.15) is 11.5 Å². The molecule has 0 radical (unpaired) electrons. The molecule has 0 aromatic heterocycles. The van der Waals surface area contributed by atoms with Gasteiger partial charge in [-0.3, -0.25) is 0 Å². The van der Waals surface area contributed by atoms with E-state index in [1.165, 1.54) is 16.7 Å². The Morgan fingerprint density at radius 1 is 0.724 bits per heavy atom. The van der Waals surface area contributed by atoms with Crippen LogP contribution in [0, 0.1) is 0 Å². The number of rotatable bonds is 2. The SMILES string of the molecule is CC(C)(C)c1ccc(OP2Oc3ccccc3-c3ccccc32)c(C(C)(C)C)c1. The van der Waals surface area contributed by atoms with Gasteiger partial charge in [-0.25, -0.2) is 0 Å². The van der Waals surface area contributed by atoms with E-state index in [1.54, 1.807) is 0 Å². The molecule has 1 atom stereocenters. The number of hydrogen-bond acceptors (Lipinski definition) is 2. The average Bonchev–Trinajstić information content (AvgIpc) is 2.67. The van der Waals surface area contributed by atoms with Crippen molar-refractivity contribution in [1.29, 1.82) is 0 Å². The monoisotopic (exact) mass is 404 g/mol. The minimum atomic E-state index is -1.25. The topological polar surface area (TPSA) is 18.5 Å². The Kier molecular flexibility index (Phi) is 4.95. The molecular weight excluding hydrogens is 375 g/mol. The summed E-state index contributed by atoms with van der Waals surface area (Å²) in [6.45, 7) is 13.4. The van der Waals surface area contributed by atoms with E-state index in [2.05, 4.69) is 96.1 Å². The van der Waals surface area contributed by atoms with Crippen LogP contribution in [0.3, 0.4) is 0 Å². The van der Waals surface area contributed by atoms with E-state index in [4.69, 9.17) is 9.05 Å². The summed E-state index contributed by atoms with van der Waals surface area (Å²) in [7, 11) is -1.25. The summed E-state index contributed by atoms with van der Waals surface area (Å²) in [5, 5.41) is 1.13. The lowest BCUT2D eigenvalue weighted by atomic mass is 9.80. The lowest BCUT2D eigenvalue weighted by Crippen LogP contribution is -2.20. The maximum Gasteiger partial charge on any atom is 0.326 e. The molecular formula is C26H29O2P. The Labute approximate surface area is 175 Å². The van der Waals surface area contributed by atoms with Gasteiger partial charge in [-0.15, -0.1) is 0 Å². The van der Waals surface area contributed by atoms with Gasteiger partial charge in [0.25, 0.3) is 0 Å². The van der Waals surface area contributed by atoms with Crippen molar-refractivity contribution in [3.63, 3.8) is 0 Å². The molecule has 0 amide bonds. The quantitative estimate of drug-likeness (QED) is 0.416. The predicted molar refractivity (Wildman–Crippen MR) is 124 cm³/mol. The van der Waals surface area contributed by atoms with Crippen molar-refractivity contribution in [1.82, 2.24) is 0 Å². The highest BCUT2D eigenvalue weighted by molar-refractivity contribution is 7.57. The van der Waals surface area contributed by atoms with Gasteiger partial charge in [0, 0.05) is 11.1 Å². The van der Waals surface area contributed by atoms with Crippen LogP contribution in [0.4, 0.5) is 0 Å². The smallest absolute Gasteiger partial charge is 0.326 e. The minimum Gasteiger partial charge on any atom is -0.435 e. The molecule has 4 rings (SSSR count). The molecule has 2 nitrogen and oxygen atoms in total. The zero-order valence-corrected chi connectivity index (χ0v) is 19.0. The van der Waals surface area contributed by atoms with Crippen molar-refractivity contribution in [2.75, 3.05) is 0 Å². The number of fused-ring (bicyclic) bond motifs is 3. The van der Waals surface area contributed by atoms with Crippen LogP contribution in [0.25, 0.3) is 11.1 Å². The molecule has 0 fully saturated rings. The largest absolute Gasteiger partial charge is 0.435 e. The van der Waals surface area contributed by atoms with E-state index >= 15 is 0 Å². The fourth-order valence-electron chi connectivity index (χ4n) is 3.59. The van der Waals surface area contributed by atoms with Crippen LogP contribution in [-0.4, -0.2) is 0 Å². The number of hydrogen-bond donors (Lipinski definition) is 0. The summed E-state index contributed by atoms with van der Waals surface area (Å²) in [4.78, 5) is 0. The van der Waals surface area contributed by atoms with Gasteiger partial charge in [0.05, 0.1) is 5.30 Å². The van der Waals surface area contributed by atoms with Crippen LogP contribution >= 0.6 is 8.38 Å². The summed E-state index contributed by atoms with van der Waals surface area (Å²) in [5.41, 5.74) is 4.93. The third-order valence-electron chi connectivity index (χ3n) is 5.29. The average molecular weight is 404 g/mol. The zero-order chi connectivity index (χ0) is 20.8. The van der Waals surface area contributed by atoms with E-state index < -0.39 is 8.38 Å². The number of benzene rings is 3. The fourth-order valence-corrected chi connectivity index (χ4v) is 5.10. The first kappa shape index (κ1) is 20.0. The lowest BCUT2D eigenvalue weighted by molar-refractivity contribution is 0.479. The van der Waals surface area contributed by atoms with Gasteiger partial charge in [-0.2, -0.15) is 0 Å². The normalized spacial score (nSPS) is 15.9. The molecule has 1 heterocycles. The van der Waals surface area contributed by atoms with Gasteiger partial charge in [0.2, 0.25) is 0 Å². The summed E-state index contributed by atoms with van der Waals surface area (Å²) < 4.78 is 13.0. The molecule has 1 unspecified atom stereocenters. The molecule has 3 aromatic rings. The predicted octanol–water partition coefficient (Wildman–Crippen LogP) is 7.36. The summed E-state index contributed by atoms with van der Waals surface area (Å²) in [5.74, 6) is 1.80. The highest BCUT2D eigenvalue weighted by Crippen LogP contribution is 2.50. The van der Waals surface area contributed by atoms with Crippen molar-refractivity contribution in [2.24, 2.45) is 0 Å². The van der Waals surface area contributed by atoms with Crippen molar-refractivity contribution >= 4 is 13.7 Å². The van der Waals surface area contributed by atoms with Crippen molar-refractivity contribution < 1.29 is 9.05 Å². The minimum absolute atomic E-state index is 0.0286. The zero-order valence-electron chi connectivity index (χ0n) is 18.1. The van der Waals surface area contributed by atoms with Crippen LogP contribution in [0.5, 0.6) is 11.5 Å². The van der Waals surface area contributed by atoms with Crippen LogP contribution in [0.1, 0.15) is 52.7 Å². The van der Waals surface area contributed by atoms with Gasteiger partial charge >= 0.3 is 8.38 Å². The summed E-state index contributed by atoms with van der Waals surface area (Å²) in [6, 6.07) is 23.2. The highest BCUT2D eigenvalue weighted by Gasteiger charge is 2.31. The van der Waals surface area contributed by atoms with Gasteiger partial charge < -0.3 is 9.05 Å². The molecule has 0 saturated carbocycles. The van der Waals surface area contributed by atoms with E-state index in [-0.39, 0.29) is 10.8 Å². The van der Waals surface area contributed by atoms with Crippen molar-refractivity contribution in [3.8, 4) is 22.6 Å². The van der Waals surface area contributed by atoms with Gasteiger partial charge in [-0.05, 0) is 40.2 Å². The molecule has 1 aliphatic rings. The van der Waals surface area contributed by atoms with Gasteiger partial charge in [-0.1, -0.05) is 90.1 Å². The fraction of sp³-hybridized carbons (Fsp3) is 0.308. The highest BCUT2D eigenvalue weighted by atomic mass is 31.2. The van der Waals surface area contributed by atoms with Crippen LogP contribution < -0.4 is 14.4 Å². The van der Waals surface area contributed by atoms with Crippen LogP contribution in [0.15, 0.2) is 66.7 Å². The van der Waals surface area contributed by atoms with Gasteiger partial charge in [0.15, 0.2) is 0 Å². The third kappa shape index (κ3) is 3.91. The standard InChI is InChI=1S/C26H29O2P/c1-25(2,3)18-15-16-23(21(17-18)26(4,5)6)28-29-24-14-10-8-12-20(24)19-11-7-9-13-22(19)27-29/h7-17H,1-6H3. The molecule has 0 N–H and O–H groups in total. The first-order valence-corrected chi connectivity index (χ1v) is 11.3. The molecule has 3 aromatic carbocycles. The Bertz CT molecular complexity index is 1040. The Morgan fingerprint density at radius 3 is 2.07 bits per heavy atom. The van der Waals surface area contributed by atoms with E-state index in [0.29, 0.717) is 0 Å². The van der Waals surface area contributed by atoms with Crippen LogP contribution in [-0.2, 0) is 10.8 Å². The Balaban J connectivity index is 1.77. The molecule has 3 heteroatoms. The Hall–Kier alpha value is -2.31. The lowest BCUT2D eigenvalue weighted by Gasteiger charge is -2.31. The molecule has 0 aliphatic carbocycles. The Morgan fingerprint density at radius 2 is 1.38 bits per heavy atom. The van der Waals surface area contributed by atoms with E-state index in [1.807, 2.05) is 12.1 Å². The second-order valence-corrected chi connectivity index (χ2v) is 11.0. The maximum absolute atomic E-state index is 6.61. The summed E-state index contributed by atoms with van der Waals surface area (Å²) in [6.07, 6.45) is 0. The molecule has 29 heavy (non-hydrogen) atoms. The van der Waals surface area contributed by atoms with E-state index in [9.17, 15) is 0 Å². The number of para-hydroxylation sites is 1. The first-order valence-electron chi connectivity index (χ1n) is 10.1. The molecule has 0 saturated heterocycles. The second-order valence-electron chi connectivity index (χ2n) is 9.66. The van der Waals surface area contributed by atoms with E-state index in [0.717, 1.165) is 22.4 Å².